The fourth-order valence-corrected chi connectivity index (χ4v) is 0.876. The van der Waals surface area contributed by atoms with Gasteiger partial charge in [-0.25, -0.2) is 0 Å². The summed E-state index contributed by atoms with van der Waals surface area (Å²) in [5, 5.41) is 0. The quantitative estimate of drug-likeness (QED) is 0.431. The summed E-state index contributed by atoms with van der Waals surface area (Å²) in [4.78, 5) is 0. The number of aryl methyl sites for hydroxylation is 1. The van der Waals surface area contributed by atoms with E-state index >= 15 is 0 Å². The maximum Gasteiger partial charge on any atom is 2.00 e. The fourth-order valence-electron chi connectivity index (χ4n) is 0.876. The average Bonchev–Trinajstić information content (AvgIpc) is 2.47. The summed E-state index contributed by atoms with van der Waals surface area (Å²) in [5.74, 6) is 0. The van der Waals surface area contributed by atoms with Gasteiger partial charge in [-0.1, -0.05) is 63.6 Å². The van der Waals surface area contributed by atoms with Crippen LogP contribution in [0.5, 0.6) is 0 Å². The van der Waals surface area contributed by atoms with Crippen LogP contribution in [0.25, 0.3) is 0 Å². The number of hydrogen-bond donors (Lipinski definition) is 0. The van der Waals surface area contributed by atoms with Crippen LogP contribution in [0.1, 0.15) is 33.3 Å². The molecule has 1 heteroatoms. The van der Waals surface area contributed by atoms with Crippen LogP contribution in [-0.4, -0.2) is 23.1 Å². The van der Waals surface area contributed by atoms with Gasteiger partial charge in [-0.05, 0) is 6.92 Å². The molecule has 0 spiro atoms. The third kappa shape index (κ3) is 22.8. The van der Waals surface area contributed by atoms with Gasteiger partial charge in [0, 0.05) is 0 Å². The predicted octanol–water partition coefficient (Wildman–Crippen LogP) is 5.60. The normalized spacial score (nSPS) is 6.37. The molecule has 2 aromatic carbocycles. The van der Waals surface area contributed by atoms with Crippen LogP contribution in [0.3, 0.4) is 0 Å². The Morgan fingerprint density at radius 1 is 0.684 bits per heavy atom. The first-order valence-corrected chi connectivity index (χ1v) is 6.32. The van der Waals surface area contributed by atoms with Crippen molar-refractivity contribution >= 4 is 23.1 Å². The van der Waals surface area contributed by atoms with Crippen molar-refractivity contribution in [3.63, 3.8) is 0 Å². The minimum Gasteiger partial charge on any atom is -0.358 e. The van der Waals surface area contributed by atoms with E-state index in [9.17, 15) is 0 Å². The van der Waals surface area contributed by atoms with Crippen molar-refractivity contribution in [1.82, 2.24) is 0 Å². The molecule has 0 radical (unpaired) electrons. The van der Waals surface area contributed by atoms with Crippen LogP contribution in [0.15, 0.2) is 60.7 Å². The van der Waals surface area contributed by atoms with Crippen LogP contribution < -0.4 is 0 Å². The van der Waals surface area contributed by atoms with Crippen molar-refractivity contribution in [2.45, 2.75) is 34.6 Å². The topological polar surface area (TPSA) is 0 Å². The molecule has 0 unspecified atom stereocenters. The maximum atomic E-state index is 2.89. The van der Waals surface area contributed by atoms with Gasteiger partial charge in [0.2, 0.25) is 0 Å². The zero-order valence-electron chi connectivity index (χ0n) is 13.5. The molecule has 0 aromatic heterocycles. The van der Waals surface area contributed by atoms with E-state index in [4.69, 9.17) is 0 Å². The average molecular weight is 269 g/mol. The maximum absolute atomic E-state index is 2.89. The number of benzene rings is 2. The minimum absolute atomic E-state index is 0. The molecule has 0 saturated heterocycles. The van der Waals surface area contributed by atoms with E-state index in [2.05, 4.69) is 25.1 Å². The van der Waals surface area contributed by atoms with E-state index in [1.54, 1.807) is 0 Å². The molecule has 0 aliphatic heterocycles. The van der Waals surface area contributed by atoms with Crippen molar-refractivity contribution in [1.29, 1.82) is 0 Å². The largest absolute Gasteiger partial charge is 2.00 e. The zero-order valence-corrected chi connectivity index (χ0v) is 14.9. The van der Waals surface area contributed by atoms with E-state index in [1.165, 1.54) is 5.56 Å². The summed E-state index contributed by atoms with van der Waals surface area (Å²) in [6.07, 6.45) is 0. The van der Waals surface area contributed by atoms with Crippen molar-refractivity contribution in [2.24, 2.45) is 0 Å². The van der Waals surface area contributed by atoms with Gasteiger partial charge in [0.25, 0.3) is 0 Å². The second-order valence-corrected chi connectivity index (χ2v) is 2.73. The Hall–Kier alpha value is -0.794. The third-order valence-corrected chi connectivity index (χ3v) is 1.55. The van der Waals surface area contributed by atoms with E-state index in [0.717, 1.165) is 0 Å². The molecule has 0 aliphatic rings. The van der Waals surface area contributed by atoms with Gasteiger partial charge in [0.15, 0.2) is 0 Å². The van der Waals surface area contributed by atoms with E-state index in [-0.39, 0.29) is 30.5 Å². The number of hydrogen-bond acceptors (Lipinski definition) is 0. The zero-order chi connectivity index (χ0) is 13.4. The Kier molecular flexibility index (Phi) is 36.4. The molecule has 102 valence electrons. The van der Waals surface area contributed by atoms with E-state index in [0.29, 0.717) is 0 Å². The first-order valence-electron chi connectivity index (χ1n) is 6.32. The van der Waals surface area contributed by atoms with Gasteiger partial charge >= 0.3 is 23.1 Å². The molecular formula is C18H28Mg. The Morgan fingerprint density at radius 2 is 1.05 bits per heavy atom. The second kappa shape index (κ2) is 25.9. The summed E-state index contributed by atoms with van der Waals surface area (Å²) in [7, 11) is 0. The third-order valence-electron chi connectivity index (χ3n) is 1.55. The molecule has 0 amide bonds. The van der Waals surface area contributed by atoms with Gasteiger partial charge in [0.1, 0.15) is 0 Å². The Morgan fingerprint density at radius 3 is 1.21 bits per heavy atom. The van der Waals surface area contributed by atoms with Crippen LogP contribution in [0.4, 0.5) is 0 Å². The first-order chi connectivity index (χ1) is 8.39. The molecule has 0 N–H and O–H groups in total. The summed E-state index contributed by atoms with van der Waals surface area (Å²) in [6.45, 7) is 10.1. The van der Waals surface area contributed by atoms with Crippen LogP contribution in [0, 0.1) is 20.4 Å². The van der Waals surface area contributed by atoms with E-state index < -0.39 is 0 Å². The molecule has 0 atom stereocenters. The Labute approximate surface area is 137 Å². The molecule has 0 fully saturated rings. The van der Waals surface area contributed by atoms with E-state index in [1.807, 2.05) is 76.2 Å². The van der Waals surface area contributed by atoms with Gasteiger partial charge in [-0.2, -0.15) is 36.4 Å². The van der Waals surface area contributed by atoms with Crippen molar-refractivity contribution in [3.05, 3.63) is 79.7 Å². The van der Waals surface area contributed by atoms with Gasteiger partial charge < -0.3 is 7.43 Å². The van der Waals surface area contributed by atoms with Crippen LogP contribution in [-0.2, 0) is 0 Å². The van der Waals surface area contributed by atoms with Crippen LogP contribution >= 0.6 is 0 Å². The van der Waals surface area contributed by atoms with Crippen molar-refractivity contribution in [3.8, 4) is 0 Å². The minimum atomic E-state index is 0. The summed E-state index contributed by atoms with van der Waals surface area (Å²) < 4.78 is 0. The molecule has 0 bridgehead atoms. The molecule has 0 heterocycles. The molecule has 2 aromatic rings. The summed E-state index contributed by atoms with van der Waals surface area (Å²) in [5.41, 5.74) is 1.32. The smallest absolute Gasteiger partial charge is 0.358 e. The van der Waals surface area contributed by atoms with Crippen LogP contribution in [0.2, 0.25) is 0 Å². The molecule has 0 nitrogen and oxygen atoms in total. The van der Waals surface area contributed by atoms with Gasteiger partial charge in [0.05, 0.1) is 0 Å². The Bertz CT molecular complexity index is 276. The fraction of sp³-hybridized carbons (Fsp3) is 0.278. The monoisotopic (exact) mass is 268 g/mol. The molecule has 0 saturated carbocycles. The molecular weight excluding hydrogens is 241 g/mol. The van der Waals surface area contributed by atoms with Crippen molar-refractivity contribution in [2.75, 3.05) is 0 Å². The second-order valence-electron chi connectivity index (χ2n) is 2.73. The first kappa shape index (κ1) is 26.7. The molecule has 2 rings (SSSR count). The predicted molar refractivity (Wildman–Crippen MR) is 91.3 cm³/mol. The number of rotatable bonds is 0. The summed E-state index contributed by atoms with van der Waals surface area (Å²) >= 11 is 0. The standard InChI is InChI=1S/C7H8.C6H5.2C2H6.CH3.Mg/c1-7-5-3-2-4-6-7;1-2-4-6-5-3-1;2*1-2;;/h2-6H,1H3;1-5H;2*1-2H3;1H3;/q;-1;;;-1;+2. The van der Waals surface area contributed by atoms with Gasteiger partial charge in [-0.15, -0.1) is 0 Å². The van der Waals surface area contributed by atoms with Gasteiger partial charge in [-0.3, -0.25) is 0 Å². The Balaban J connectivity index is -0.0000000872. The van der Waals surface area contributed by atoms with Crippen molar-refractivity contribution < 1.29 is 0 Å². The molecule has 0 aliphatic carbocycles. The molecule has 19 heavy (non-hydrogen) atoms. The summed E-state index contributed by atoms with van der Waals surface area (Å²) in [6, 6.07) is 22.8. The SMILES string of the molecule is CC.CC.Cc1ccccc1.[CH3-].[Mg+2].[c-]1ccccc1.